The minimum Gasteiger partial charge on any atom is -0.460 e. The fraction of sp³-hybridized carbons (Fsp3) is 0.500. The number of methoxy groups -OCH3 is 3. The largest absolute Gasteiger partial charge is 0.460 e. The van der Waals surface area contributed by atoms with Gasteiger partial charge in [0.1, 0.15) is 29.6 Å². The molecule has 2 aromatic rings. The number of benzene rings is 1. The maximum Gasteiger partial charge on any atom is 0.229 e. The van der Waals surface area contributed by atoms with E-state index >= 15 is 0 Å². The zero-order valence-electron chi connectivity index (χ0n) is 14.3. The Bertz CT molecular complexity index is 674. The fourth-order valence-corrected chi connectivity index (χ4v) is 3.21. The molecule has 0 radical (unpaired) electrons. The van der Waals surface area contributed by atoms with E-state index < -0.39 is 12.4 Å². The van der Waals surface area contributed by atoms with Crippen molar-refractivity contribution in [2.45, 2.75) is 37.6 Å². The van der Waals surface area contributed by atoms with Gasteiger partial charge in [0.2, 0.25) is 6.29 Å². The Labute approximate surface area is 141 Å². The lowest BCUT2D eigenvalue weighted by Crippen LogP contribution is -2.60. The summed E-state index contributed by atoms with van der Waals surface area (Å²) >= 11 is 0. The summed E-state index contributed by atoms with van der Waals surface area (Å²) in [5, 5.41) is 1.01. The molecule has 0 bridgehead atoms. The molecule has 1 aromatic heterocycles. The van der Waals surface area contributed by atoms with Crippen molar-refractivity contribution >= 4 is 10.9 Å². The smallest absolute Gasteiger partial charge is 0.229 e. The van der Waals surface area contributed by atoms with Crippen molar-refractivity contribution in [2.24, 2.45) is 0 Å². The molecular formula is C18H23NO5. The minimum atomic E-state index is -0.617. The minimum absolute atomic E-state index is 0.195. The van der Waals surface area contributed by atoms with Crippen molar-refractivity contribution in [1.82, 2.24) is 4.98 Å². The van der Waals surface area contributed by atoms with Gasteiger partial charge in [-0.05, 0) is 19.1 Å². The summed E-state index contributed by atoms with van der Waals surface area (Å²) in [6.07, 6.45) is -0.0165. The molecule has 130 valence electrons. The molecule has 0 N–H and O–H groups in total. The molecule has 6 nitrogen and oxygen atoms in total. The van der Waals surface area contributed by atoms with Crippen molar-refractivity contribution < 1.29 is 23.7 Å². The predicted octanol–water partition coefficient (Wildman–Crippen LogP) is 2.40. The van der Waals surface area contributed by atoms with Crippen LogP contribution in [0, 0.1) is 0 Å². The van der Waals surface area contributed by atoms with E-state index in [4.69, 9.17) is 23.7 Å². The van der Waals surface area contributed by atoms with E-state index in [-0.39, 0.29) is 18.3 Å². The normalized spacial score (nSPS) is 30.4. The molecule has 0 amide bonds. The average Bonchev–Trinajstić information content (AvgIpc) is 2.61. The summed E-state index contributed by atoms with van der Waals surface area (Å²) in [7, 11) is 4.89. The molecule has 5 atom stereocenters. The van der Waals surface area contributed by atoms with Gasteiger partial charge in [0.15, 0.2) is 0 Å². The van der Waals surface area contributed by atoms with Gasteiger partial charge in [-0.15, -0.1) is 0 Å². The zero-order valence-corrected chi connectivity index (χ0v) is 14.3. The van der Waals surface area contributed by atoms with E-state index in [0.717, 1.165) is 10.9 Å². The van der Waals surface area contributed by atoms with Gasteiger partial charge in [0.05, 0.1) is 6.10 Å². The van der Waals surface area contributed by atoms with Crippen molar-refractivity contribution in [3.05, 3.63) is 36.5 Å². The number of hydrogen-bond donors (Lipinski definition) is 0. The van der Waals surface area contributed by atoms with Crippen LogP contribution >= 0.6 is 0 Å². The van der Waals surface area contributed by atoms with Crippen molar-refractivity contribution in [2.75, 3.05) is 21.3 Å². The van der Waals surface area contributed by atoms with Crippen LogP contribution < -0.4 is 4.74 Å². The van der Waals surface area contributed by atoms with Crippen LogP contribution in [0.4, 0.5) is 0 Å². The van der Waals surface area contributed by atoms with Gasteiger partial charge in [-0.1, -0.05) is 18.2 Å². The standard InChI is InChI=1S/C18H23NO5/c1-11-15(20-2)16(21-3)17(22-4)18(23-11)24-13-9-5-7-12-8-6-10-19-14(12)13/h5-11,15-18H,1-4H3/t11?,15-,16-,17-,18-/m0/s1. The number of hydrogen-bond acceptors (Lipinski definition) is 6. The maximum absolute atomic E-state index is 6.12. The Hall–Kier alpha value is -1.73. The second-order valence-corrected chi connectivity index (χ2v) is 5.76. The van der Waals surface area contributed by atoms with Crippen LogP contribution in [-0.4, -0.2) is 57.0 Å². The number of nitrogens with zero attached hydrogens (tertiary/aromatic N) is 1. The monoisotopic (exact) mass is 333 g/mol. The van der Waals surface area contributed by atoms with Gasteiger partial charge < -0.3 is 23.7 Å². The van der Waals surface area contributed by atoms with E-state index in [1.54, 1.807) is 27.5 Å². The Morgan fingerprint density at radius 2 is 1.62 bits per heavy atom. The molecule has 6 heteroatoms. The molecular weight excluding hydrogens is 310 g/mol. The topological polar surface area (TPSA) is 59.0 Å². The van der Waals surface area contributed by atoms with Crippen molar-refractivity contribution in [3.63, 3.8) is 0 Å². The number of rotatable bonds is 5. The van der Waals surface area contributed by atoms with E-state index in [9.17, 15) is 0 Å². The average molecular weight is 333 g/mol. The number of para-hydroxylation sites is 1. The quantitative estimate of drug-likeness (QED) is 0.837. The first-order valence-corrected chi connectivity index (χ1v) is 7.93. The third-order valence-corrected chi connectivity index (χ3v) is 4.38. The van der Waals surface area contributed by atoms with Gasteiger partial charge in [-0.2, -0.15) is 0 Å². The molecule has 24 heavy (non-hydrogen) atoms. The predicted molar refractivity (Wildman–Crippen MR) is 89.1 cm³/mol. The summed E-state index contributed by atoms with van der Waals surface area (Å²) in [5.41, 5.74) is 0.786. The third kappa shape index (κ3) is 3.10. The summed E-state index contributed by atoms with van der Waals surface area (Å²) in [4.78, 5) is 4.41. The van der Waals surface area contributed by atoms with Gasteiger partial charge in [0.25, 0.3) is 0 Å². The maximum atomic E-state index is 6.12. The number of aromatic nitrogens is 1. The highest BCUT2D eigenvalue weighted by atomic mass is 16.7. The van der Waals surface area contributed by atoms with E-state index in [0.29, 0.717) is 5.75 Å². The summed E-state index contributed by atoms with van der Waals surface area (Å²) in [6, 6.07) is 9.69. The second kappa shape index (κ2) is 7.44. The van der Waals surface area contributed by atoms with Crippen LogP contribution in [0.2, 0.25) is 0 Å². The molecule has 1 aliphatic heterocycles. The van der Waals surface area contributed by atoms with Gasteiger partial charge in [-0.25, -0.2) is 0 Å². The van der Waals surface area contributed by atoms with E-state index in [1.165, 1.54) is 0 Å². The molecule has 2 heterocycles. The van der Waals surface area contributed by atoms with Crippen LogP contribution in [0.15, 0.2) is 36.5 Å². The first-order valence-electron chi connectivity index (χ1n) is 7.93. The Morgan fingerprint density at radius 1 is 0.917 bits per heavy atom. The number of ether oxygens (including phenoxy) is 5. The van der Waals surface area contributed by atoms with Gasteiger partial charge >= 0.3 is 0 Å². The highest BCUT2D eigenvalue weighted by Crippen LogP contribution is 2.31. The third-order valence-electron chi connectivity index (χ3n) is 4.38. The Morgan fingerprint density at radius 3 is 2.33 bits per heavy atom. The molecule has 0 saturated carbocycles. The number of pyridine rings is 1. The summed E-state index contributed by atoms with van der Waals surface area (Å²) in [5.74, 6) is 0.651. The Kier molecular flexibility index (Phi) is 5.30. The first-order chi connectivity index (χ1) is 11.7. The molecule has 3 rings (SSSR count). The van der Waals surface area contributed by atoms with Crippen molar-refractivity contribution in [3.8, 4) is 5.75 Å². The molecule has 0 spiro atoms. The second-order valence-electron chi connectivity index (χ2n) is 5.76. The Balaban J connectivity index is 1.90. The highest BCUT2D eigenvalue weighted by molar-refractivity contribution is 5.84. The lowest BCUT2D eigenvalue weighted by atomic mass is 9.99. The van der Waals surface area contributed by atoms with Crippen LogP contribution in [0.25, 0.3) is 10.9 Å². The van der Waals surface area contributed by atoms with Crippen LogP contribution in [0.3, 0.4) is 0 Å². The highest BCUT2D eigenvalue weighted by Gasteiger charge is 2.46. The number of fused-ring (bicyclic) bond motifs is 1. The molecule has 1 fully saturated rings. The van der Waals surface area contributed by atoms with E-state index in [2.05, 4.69) is 4.98 Å². The van der Waals surface area contributed by atoms with Crippen molar-refractivity contribution in [1.29, 1.82) is 0 Å². The zero-order chi connectivity index (χ0) is 17.1. The summed E-state index contributed by atoms with van der Waals surface area (Å²) in [6.45, 7) is 1.93. The van der Waals surface area contributed by atoms with Gasteiger partial charge in [0, 0.05) is 32.9 Å². The molecule has 1 unspecified atom stereocenters. The molecule has 1 aliphatic rings. The van der Waals surface area contributed by atoms with Crippen LogP contribution in [0.1, 0.15) is 6.92 Å². The molecule has 1 saturated heterocycles. The lowest BCUT2D eigenvalue weighted by molar-refractivity contribution is -0.282. The lowest BCUT2D eigenvalue weighted by Gasteiger charge is -2.43. The van der Waals surface area contributed by atoms with Crippen LogP contribution in [0.5, 0.6) is 5.75 Å². The van der Waals surface area contributed by atoms with Gasteiger partial charge in [-0.3, -0.25) is 4.98 Å². The van der Waals surface area contributed by atoms with E-state index in [1.807, 2.05) is 37.3 Å². The van der Waals surface area contributed by atoms with Crippen LogP contribution in [-0.2, 0) is 18.9 Å². The first kappa shape index (κ1) is 17.1. The molecule has 0 aliphatic carbocycles. The molecule has 1 aromatic carbocycles. The SMILES string of the molecule is CO[C@@H]1[C@H](Oc2cccc3cccnc23)OC(C)[C@H](OC)[C@@H]1OC. The summed E-state index contributed by atoms with van der Waals surface area (Å²) < 4.78 is 28.8. The fourth-order valence-electron chi connectivity index (χ4n) is 3.21.